The zero-order chi connectivity index (χ0) is 18.7. The van der Waals surface area contributed by atoms with Crippen LogP contribution in [0.25, 0.3) is 11.3 Å². The Hall–Kier alpha value is -2.92. The van der Waals surface area contributed by atoms with Crippen LogP contribution in [0.3, 0.4) is 0 Å². The van der Waals surface area contributed by atoms with E-state index in [4.69, 9.17) is 16.3 Å². The van der Waals surface area contributed by atoms with Crippen molar-refractivity contribution in [2.24, 2.45) is 0 Å². The molecule has 0 aliphatic rings. The first-order chi connectivity index (χ1) is 12.5. The number of hydrogen-bond acceptors (Lipinski definition) is 3. The van der Waals surface area contributed by atoms with Crippen molar-refractivity contribution in [1.82, 2.24) is 4.98 Å². The molecule has 0 amide bonds. The summed E-state index contributed by atoms with van der Waals surface area (Å²) in [6.07, 6.45) is 0.379. The summed E-state index contributed by atoms with van der Waals surface area (Å²) < 4.78 is 19.4. The Morgan fingerprint density at radius 2 is 1.92 bits per heavy atom. The molecule has 0 unspecified atom stereocenters. The number of nitrogens with zero attached hydrogens (tertiary/aromatic N) is 1. The first-order valence-corrected chi connectivity index (χ1v) is 8.33. The number of pyridine rings is 1. The molecule has 0 fully saturated rings. The molecular weight excluding hydrogens is 357 g/mol. The van der Waals surface area contributed by atoms with Gasteiger partial charge in [-0.05, 0) is 30.7 Å². The van der Waals surface area contributed by atoms with E-state index in [2.05, 4.69) is 4.98 Å². The normalized spacial score (nSPS) is 10.6. The first kappa shape index (κ1) is 17.9. The van der Waals surface area contributed by atoms with Crippen molar-refractivity contribution in [3.8, 4) is 22.8 Å². The van der Waals surface area contributed by atoms with Crippen molar-refractivity contribution in [3.05, 3.63) is 76.7 Å². The molecule has 132 valence electrons. The number of rotatable bonds is 5. The minimum Gasteiger partial charge on any atom is -0.477 e. The van der Waals surface area contributed by atoms with Gasteiger partial charge in [-0.3, -0.25) is 4.98 Å². The third kappa shape index (κ3) is 3.68. The van der Waals surface area contributed by atoms with Gasteiger partial charge in [0.2, 0.25) is 0 Å². The summed E-state index contributed by atoms with van der Waals surface area (Å²) in [6, 6.07) is 14.2. The Morgan fingerprint density at radius 3 is 2.58 bits per heavy atom. The molecule has 0 aliphatic heterocycles. The molecule has 1 N–H and O–H groups in total. The lowest BCUT2D eigenvalue weighted by atomic mass is 10.1. The van der Waals surface area contributed by atoms with E-state index >= 15 is 0 Å². The molecular formula is C20H15ClFNO3. The average Bonchev–Trinajstić information content (AvgIpc) is 2.62. The van der Waals surface area contributed by atoms with Crippen LogP contribution in [-0.2, 0) is 6.42 Å². The highest BCUT2D eigenvalue weighted by atomic mass is 35.5. The first-order valence-electron chi connectivity index (χ1n) is 7.95. The SMILES string of the molecule is CCc1nc(-c2cccc(F)c2)cc(Oc2ccccc2Cl)c1C(=O)O. The number of halogens is 2. The molecule has 0 saturated carbocycles. The number of carboxylic acid groups (broad SMARTS) is 1. The minimum atomic E-state index is -1.15. The predicted molar refractivity (Wildman–Crippen MR) is 97.5 cm³/mol. The molecule has 6 heteroatoms. The van der Waals surface area contributed by atoms with Crippen molar-refractivity contribution < 1.29 is 19.0 Å². The number of carbonyl (C=O) groups is 1. The number of aromatic carboxylic acids is 1. The van der Waals surface area contributed by atoms with Crippen LogP contribution < -0.4 is 4.74 Å². The predicted octanol–water partition coefficient (Wildman–Crippen LogP) is 5.59. The van der Waals surface area contributed by atoms with Crippen LogP contribution in [0.2, 0.25) is 5.02 Å². The molecule has 2 aromatic carbocycles. The molecule has 0 saturated heterocycles. The summed E-state index contributed by atoms with van der Waals surface area (Å²) in [7, 11) is 0. The number of benzene rings is 2. The van der Waals surface area contributed by atoms with Gasteiger partial charge >= 0.3 is 5.97 Å². The maximum atomic E-state index is 13.6. The van der Waals surface area contributed by atoms with Crippen LogP contribution in [0.5, 0.6) is 11.5 Å². The van der Waals surface area contributed by atoms with E-state index < -0.39 is 11.8 Å². The standard InChI is InChI=1S/C20H15ClFNO3/c1-2-15-19(20(24)25)18(26-17-9-4-3-8-14(17)21)11-16(23-15)12-6-5-7-13(22)10-12/h3-11H,2H2,1H3,(H,24,25). The van der Waals surface area contributed by atoms with Gasteiger partial charge in [-0.25, -0.2) is 9.18 Å². The zero-order valence-electron chi connectivity index (χ0n) is 13.9. The van der Waals surface area contributed by atoms with E-state index in [1.807, 2.05) is 0 Å². The van der Waals surface area contributed by atoms with Crippen LogP contribution in [0.1, 0.15) is 23.0 Å². The third-order valence-corrected chi connectivity index (χ3v) is 4.10. The second-order valence-electron chi connectivity index (χ2n) is 5.53. The fourth-order valence-electron chi connectivity index (χ4n) is 2.58. The molecule has 0 atom stereocenters. The fourth-order valence-corrected chi connectivity index (χ4v) is 2.75. The van der Waals surface area contributed by atoms with E-state index in [1.54, 1.807) is 43.3 Å². The quantitative estimate of drug-likeness (QED) is 0.634. The lowest BCUT2D eigenvalue weighted by molar-refractivity contribution is 0.0692. The number of aryl methyl sites for hydroxylation is 1. The average molecular weight is 372 g/mol. The van der Waals surface area contributed by atoms with Gasteiger partial charge in [0, 0.05) is 11.6 Å². The molecule has 1 heterocycles. The maximum Gasteiger partial charge on any atom is 0.341 e. The van der Waals surface area contributed by atoms with Gasteiger partial charge in [-0.1, -0.05) is 42.8 Å². The summed E-state index contributed by atoms with van der Waals surface area (Å²) >= 11 is 6.12. The Balaban J connectivity index is 2.18. The molecule has 0 radical (unpaired) electrons. The van der Waals surface area contributed by atoms with Gasteiger partial charge in [-0.15, -0.1) is 0 Å². The number of ether oxygens (including phenoxy) is 1. The van der Waals surface area contributed by atoms with E-state index in [0.29, 0.717) is 34.1 Å². The lowest BCUT2D eigenvalue weighted by Gasteiger charge is -2.14. The molecule has 0 aliphatic carbocycles. The number of hydrogen-bond donors (Lipinski definition) is 1. The molecule has 4 nitrogen and oxygen atoms in total. The number of carboxylic acids is 1. The molecule has 3 rings (SSSR count). The maximum absolute atomic E-state index is 13.6. The number of aromatic nitrogens is 1. The van der Waals surface area contributed by atoms with Gasteiger partial charge < -0.3 is 9.84 Å². The topological polar surface area (TPSA) is 59.4 Å². The van der Waals surface area contributed by atoms with Gasteiger partial charge in [0.05, 0.1) is 16.4 Å². The second kappa shape index (κ2) is 7.54. The van der Waals surface area contributed by atoms with Crippen molar-refractivity contribution in [3.63, 3.8) is 0 Å². The van der Waals surface area contributed by atoms with Gasteiger partial charge in [0.15, 0.2) is 0 Å². The summed E-state index contributed by atoms with van der Waals surface area (Å²) in [5, 5.41) is 9.97. The van der Waals surface area contributed by atoms with E-state index in [0.717, 1.165) is 0 Å². The molecule has 26 heavy (non-hydrogen) atoms. The van der Waals surface area contributed by atoms with Gasteiger partial charge in [0.1, 0.15) is 22.9 Å². The monoisotopic (exact) mass is 371 g/mol. The summed E-state index contributed by atoms with van der Waals surface area (Å²) in [5.41, 5.74) is 1.27. The molecule has 0 spiro atoms. The number of para-hydroxylation sites is 1. The van der Waals surface area contributed by atoms with E-state index in [-0.39, 0.29) is 11.3 Å². The highest BCUT2D eigenvalue weighted by Gasteiger charge is 2.21. The van der Waals surface area contributed by atoms with Crippen molar-refractivity contribution in [2.45, 2.75) is 13.3 Å². The van der Waals surface area contributed by atoms with Crippen LogP contribution in [0.15, 0.2) is 54.6 Å². The van der Waals surface area contributed by atoms with Gasteiger partial charge in [0.25, 0.3) is 0 Å². The van der Waals surface area contributed by atoms with Crippen molar-refractivity contribution in [1.29, 1.82) is 0 Å². The third-order valence-electron chi connectivity index (χ3n) is 3.78. The highest BCUT2D eigenvalue weighted by molar-refractivity contribution is 6.32. The largest absolute Gasteiger partial charge is 0.477 e. The van der Waals surface area contributed by atoms with E-state index in [9.17, 15) is 14.3 Å². The Bertz CT molecular complexity index is 975. The van der Waals surface area contributed by atoms with E-state index in [1.165, 1.54) is 18.2 Å². The van der Waals surface area contributed by atoms with Crippen LogP contribution in [0, 0.1) is 5.82 Å². The summed E-state index contributed by atoms with van der Waals surface area (Å²) in [5.74, 6) is -1.12. The van der Waals surface area contributed by atoms with Crippen LogP contribution in [0.4, 0.5) is 4.39 Å². The van der Waals surface area contributed by atoms with Crippen molar-refractivity contribution >= 4 is 17.6 Å². The zero-order valence-corrected chi connectivity index (χ0v) is 14.6. The summed E-state index contributed by atoms with van der Waals surface area (Å²) in [4.78, 5) is 16.2. The second-order valence-corrected chi connectivity index (χ2v) is 5.94. The Labute approximate surface area is 154 Å². The molecule has 1 aromatic heterocycles. The minimum absolute atomic E-state index is 0.0347. The van der Waals surface area contributed by atoms with Gasteiger partial charge in [-0.2, -0.15) is 0 Å². The Morgan fingerprint density at radius 1 is 1.15 bits per heavy atom. The van der Waals surface area contributed by atoms with Crippen LogP contribution >= 0.6 is 11.6 Å². The lowest BCUT2D eigenvalue weighted by Crippen LogP contribution is -2.08. The molecule has 3 aromatic rings. The summed E-state index contributed by atoms with van der Waals surface area (Å²) in [6.45, 7) is 1.80. The smallest absolute Gasteiger partial charge is 0.341 e. The van der Waals surface area contributed by atoms with Crippen LogP contribution in [-0.4, -0.2) is 16.1 Å². The fraction of sp³-hybridized carbons (Fsp3) is 0.100. The molecule has 0 bridgehead atoms. The Kier molecular flexibility index (Phi) is 5.19. The highest BCUT2D eigenvalue weighted by Crippen LogP contribution is 2.35. The van der Waals surface area contributed by atoms with Crippen molar-refractivity contribution in [2.75, 3.05) is 0 Å².